The fourth-order valence-electron chi connectivity index (χ4n) is 2.51. The van der Waals surface area contributed by atoms with Crippen molar-refractivity contribution in [3.8, 4) is 6.07 Å². The maximum Gasteiger partial charge on any atom is 0.253 e. The summed E-state index contributed by atoms with van der Waals surface area (Å²) in [5.41, 5.74) is 3.05. The van der Waals surface area contributed by atoms with E-state index in [-0.39, 0.29) is 5.91 Å². The van der Waals surface area contributed by atoms with Crippen molar-refractivity contribution in [3.05, 3.63) is 29.3 Å². The van der Waals surface area contributed by atoms with Crippen molar-refractivity contribution in [3.63, 3.8) is 0 Å². The van der Waals surface area contributed by atoms with E-state index in [9.17, 15) is 4.79 Å². The third-order valence-electron chi connectivity index (χ3n) is 3.43. The fourth-order valence-corrected chi connectivity index (χ4v) is 2.51. The van der Waals surface area contributed by atoms with Crippen LogP contribution < -0.4 is 5.32 Å². The Kier molecular flexibility index (Phi) is 4.62. The molecule has 0 atom stereocenters. The number of fused-ring (bicyclic) bond motifs is 1. The molecule has 2 rings (SSSR count). The van der Waals surface area contributed by atoms with Crippen molar-refractivity contribution in [2.24, 2.45) is 5.92 Å². The van der Waals surface area contributed by atoms with Gasteiger partial charge in [-0.05, 0) is 30.0 Å². The smallest absolute Gasteiger partial charge is 0.253 e. The van der Waals surface area contributed by atoms with Gasteiger partial charge in [0.1, 0.15) is 0 Å². The highest BCUT2D eigenvalue weighted by atomic mass is 16.2. The number of nitrogens with zero attached hydrogens (tertiary/aromatic N) is 2. The molecule has 0 fully saturated rings. The standard InChI is InChI=1S/C16H21N3O/c1-12(2)11-19(9-3-7-17)16(20)14-5-4-13-6-8-18-15(13)10-14/h4-5,10,12,18H,3,6,8-9,11H2,1-2H3. The van der Waals surface area contributed by atoms with Crippen molar-refractivity contribution >= 4 is 11.6 Å². The minimum Gasteiger partial charge on any atom is -0.384 e. The molecule has 1 heterocycles. The van der Waals surface area contributed by atoms with Gasteiger partial charge in [-0.2, -0.15) is 5.26 Å². The molecule has 0 saturated heterocycles. The van der Waals surface area contributed by atoms with Crippen LogP contribution in [0.25, 0.3) is 0 Å². The Labute approximate surface area is 120 Å². The molecule has 1 amide bonds. The SMILES string of the molecule is CC(C)CN(CCC#N)C(=O)c1ccc2c(c1)NCC2. The molecule has 0 radical (unpaired) electrons. The van der Waals surface area contributed by atoms with E-state index in [0.717, 1.165) is 18.7 Å². The maximum absolute atomic E-state index is 12.6. The van der Waals surface area contributed by atoms with E-state index in [1.54, 1.807) is 4.90 Å². The van der Waals surface area contributed by atoms with Gasteiger partial charge < -0.3 is 10.2 Å². The summed E-state index contributed by atoms with van der Waals surface area (Å²) in [6, 6.07) is 7.97. The van der Waals surface area contributed by atoms with Crippen LogP contribution in [0.2, 0.25) is 0 Å². The molecule has 1 aliphatic heterocycles. The van der Waals surface area contributed by atoms with E-state index in [1.165, 1.54) is 5.56 Å². The molecule has 0 saturated carbocycles. The summed E-state index contributed by atoms with van der Waals surface area (Å²) in [5.74, 6) is 0.413. The van der Waals surface area contributed by atoms with Gasteiger partial charge in [0.15, 0.2) is 0 Å². The van der Waals surface area contributed by atoms with E-state index in [0.29, 0.717) is 31.0 Å². The van der Waals surface area contributed by atoms with Crippen LogP contribution in [0.5, 0.6) is 0 Å². The van der Waals surface area contributed by atoms with Gasteiger partial charge in [-0.15, -0.1) is 0 Å². The summed E-state index contributed by atoms with van der Waals surface area (Å²) in [6.07, 6.45) is 1.40. The average molecular weight is 271 g/mol. The molecule has 0 unspecified atom stereocenters. The first-order valence-electron chi connectivity index (χ1n) is 7.15. The monoisotopic (exact) mass is 271 g/mol. The zero-order chi connectivity index (χ0) is 14.5. The molecule has 20 heavy (non-hydrogen) atoms. The van der Waals surface area contributed by atoms with Gasteiger partial charge in [0.25, 0.3) is 5.91 Å². The lowest BCUT2D eigenvalue weighted by atomic mass is 10.1. The third kappa shape index (κ3) is 3.30. The van der Waals surface area contributed by atoms with E-state index >= 15 is 0 Å². The minimum absolute atomic E-state index is 0.0189. The zero-order valence-electron chi connectivity index (χ0n) is 12.1. The Hall–Kier alpha value is -2.02. The molecule has 1 aromatic rings. The van der Waals surface area contributed by atoms with Gasteiger partial charge >= 0.3 is 0 Å². The summed E-state index contributed by atoms with van der Waals surface area (Å²) in [6.45, 7) is 6.29. The highest BCUT2D eigenvalue weighted by Crippen LogP contribution is 2.24. The lowest BCUT2D eigenvalue weighted by Crippen LogP contribution is -2.35. The van der Waals surface area contributed by atoms with Crippen LogP contribution in [-0.2, 0) is 6.42 Å². The predicted octanol–water partition coefficient (Wildman–Crippen LogP) is 2.67. The van der Waals surface area contributed by atoms with Gasteiger partial charge in [0.2, 0.25) is 0 Å². The van der Waals surface area contributed by atoms with Gasteiger partial charge in [0.05, 0.1) is 12.5 Å². The predicted molar refractivity (Wildman–Crippen MR) is 79.6 cm³/mol. The number of amides is 1. The van der Waals surface area contributed by atoms with Gasteiger partial charge in [-0.3, -0.25) is 4.79 Å². The van der Waals surface area contributed by atoms with E-state index < -0.39 is 0 Å². The molecule has 0 aromatic heterocycles. The summed E-state index contributed by atoms with van der Waals surface area (Å²) in [4.78, 5) is 14.4. The Morgan fingerprint density at radius 2 is 2.30 bits per heavy atom. The van der Waals surface area contributed by atoms with Gasteiger partial charge in [0, 0.05) is 30.9 Å². The second-order valence-electron chi connectivity index (χ2n) is 5.60. The number of rotatable bonds is 5. The molecule has 4 heteroatoms. The lowest BCUT2D eigenvalue weighted by molar-refractivity contribution is 0.0740. The molecule has 1 N–H and O–H groups in total. The second-order valence-corrected chi connectivity index (χ2v) is 5.60. The topological polar surface area (TPSA) is 56.1 Å². The lowest BCUT2D eigenvalue weighted by Gasteiger charge is -2.24. The van der Waals surface area contributed by atoms with Crippen LogP contribution >= 0.6 is 0 Å². The summed E-state index contributed by atoms with van der Waals surface area (Å²) < 4.78 is 0. The molecular weight excluding hydrogens is 250 g/mol. The average Bonchev–Trinajstić information content (AvgIpc) is 2.89. The molecule has 0 aliphatic carbocycles. The Morgan fingerprint density at radius 1 is 1.50 bits per heavy atom. The summed E-state index contributed by atoms with van der Waals surface area (Å²) >= 11 is 0. The molecule has 1 aliphatic rings. The number of hydrogen-bond donors (Lipinski definition) is 1. The summed E-state index contributed by atoms with van der Waals surface area (Å²) in [7, 11) is 0. The van der Waals surface area contributed by atoms with Crippen molar-refractivity contribution in [2.45, 2.75) is 26.7 Å². The molecule has 0 spiro atoms. The van der Waals surface area contributed by atoms with Gasteiger partial charge in [-0.1, -0.05) is 19.9 Å². The van der Waals surface area contributed by atoms with E-state index in [2.05, 4.69) is 25.2 Å². The number of carbonyl (C=O) groups excluding carboxylic acids is 1. The third-order valence-corrected chi connectivity index (χ3v) is 3.43. The number of hydrogen-bond acceptors (Lipinski definition) is 3. The number of benzene rings is 1. The van der Waals surface area contributed by atoms with Gasteiger partial charge in [-0.25, -0.2) is 0 Å². The van der Waals surface area contributed by atoms with E-state index in [1.807, 2.05) is 18.2 Å². The second kappa shape index (κ2) is 6.42. The first-order chi connectivity index (χ1) is 9.61. The fraction of sp³-hybridized carbons (Fsp3) is 0.500. The minimum atomic E-state index is 0.0189. The first kappa shape index (κ1) is 14.4. The number of carbonyl (C=O) groups is 1. The normalized spacial score (nSPS) is 12.7. The quantitative estimate of drug-likeness (QED) is 0.895. The van der Waals surface area contributed by atoms with Crippen LogP contribution in [0.15, 0.2) is 18.2 Å². The first-order valence-corrected chi connectivity index (χ1v) is 7.15. The van der Waals surface area contributed by atoms with Crippen LogP contribution in [0.4, 0.5) is 5.69 Å². The van der Waals surface area contributed by atoms with Crippen LogP contribution in [0.3, 0.4) is 0 Å². The van der Waals surface area contributed by atoms with Crippen LogP contribution in [0, 0.1) is 17.2 Å². The van der Waals surface area contributed by atoms with Crippen molar-refractivity contribution < 1.29 is 4.79 Å². The Bertz CT molecular complexity index is 531. The number of nitrogens with one attached hydrogen (secondary N) is 1. The summed E-state index contributed by atoms with van der Waals surface area (Å²) in [5, 5.41) is 12.0. The molecular formula is C16H21N3O. The van der Waals surface area contributed by atoms with E-state index in [4.69, 9.17) is 5.26 Å². The highest BCUT2D eigenvalue weighted by molar-refractivity contribution is 5.95. The zero-order valence-corrected chi connectivity index (χ0v) is 12.1. The molecule has 4 nitrogen and oxygen atoms in total. The van der Waals surface area contributed by atoms with Crippen molar-refractivity contribution in [1.29, 1.82) is 5.26 Å². The molecule has 106 valence electrons. The Morgan fingerprint density at radius 3 is 3.00 bits per heavy atom. The van der Waals surface area contributed by atoms with Crippen molar-refractivity contribution in [1.82, 2.24) is 4.90 Å². The van der Waals surface area contributed by atoms with Crippen LogP contribution in [0.1, 0.15) is 36.2 Å². The highest BCUT2D eigenvalue weighted by Gasteiger charge is 2.19. The van der Waals surface area contributed by atoms with Crippen LogP contribution in [-0.4, -0.2) is 30.4 Å². The molecule has 0 bridgehead atoms. The largest absolute Gasteiger partial charge is 0.384 e. The van der Waals surface area contributed by atoms with Crippen molar-refractivity contribution in [2.75, 3.05) is 25.0 Å². The molecule has 1 aromatic carbocycles. The number of anilines is 1. The number of nitriles is 1. The Balaban J connectivity index is 2.16. The maximum atomic E-state index is 12.6.